The van der Waals surface area contributed by atoms with Crippen LogP contribution in [0.25, 0.3) is 0 Å². The minimum atomic E-state index is 0.496. The summed E-state index contributed by atoms with van der Waals surface area (Å²) in [5, 5.41) is 0. The second-order valence-corrected chi connectivity index (χ2v) is 8.44. The van der Waals surface area contributed by atoms with Gasteiger partial charge in [-0.15, -0.1) is 13.2 Å². The van der Waals surface area contributed by atoms with Crippen LogP contribution in [0.15, 0.2) is 96.2 Å². The standard InChI is InChI=1S/C13H21N.C9H12.C5H10.C4H8.C2H6/c1-6-11(4)7-13(10(2)3)8-12(5)9-14;1-3-9-6-4-8(2)5-7-9;1-4-5(2)3;1-4(2)3;1-2/h7-8H,2,5-6,9,14H2,1,3-4H3;4-7H,3H2,1-2H3;2,4H2,1,3H3;1H2,2-3H3;1-2H3/b11-7+,13-8+;;;;. The fourth-order valence-corrected chi connectivity index (χ4v) is 1.76. The average molecular weight is 468 g/mol. The van der Waals surface area contributed by atoms with Crippen LogP contribution in [-0.2, 0) is 6.42 Å². The van der Waals surface area contributed by atoms with Crippen LogP contribution in [0, 0.1) is 6.92 Å². The van der Waals surface area contributed by atoms with Crippen molar-refractivity contribution in [3.8, 4) is 0 Å². The normalized spacial score (nSPS) is 9.88. The lowest BCUT2D eigenvalue weighted by Crippen LogP contribution is -2.00. The summed E-state index contributed by atoms with van der Waals surface area (Å²) in [7, 11) is 0. The first-order valence-electron chi connectivity index (χ1n) is 12.6. The van der Waals surface area contributed by atoms with Gasteiger partial charge in [0.1, 0.15) is 0 Å². The molecule has 0 aliphatic carbocycles. The van der Waals surface area contributed by atoms with E-state index < -0.39 is 0 Å². The Bertz CT molecular complexity index is 735. The average Bonchev–Trinajstić information content (AvgIpc) is 2.80. The molecule has 0 fully saturated rings. The van der Waals surface area contributed by atoms with Crippen LogP contribution in [0.4, 0.5) is 0 Å². The molecule has 194 valence electrons. The molecule has 0 atom stereocenters. The zero-order valence-corrected chi connectivity index (χ0v) is 24.7. The van der Waals surface area contributed by atoms with Gasteiger partial charge in [-0.3, -0.25) is 0 Å². The maximum atomic E-state index is 5.49. The van der Waals surface area contributed by atoms with Gasteiger partial charge in [-0.05, 0) is 77.5 Å². The van der Waals surface area contributed by atoms with Crippen molar-refractivity contribution in [2.24, 2.45) is 5.73 Å². The molecule has 0 radical (unpaired) electrons. The van der Waals surface area contributed by atoms with Crippen LogP contribution in [0.2, 0.25) is 0 Å². The summed E-state index contributed by atoms with van der Waals surface area (Å²) in [5.41, 5.74) is 15.1. The quantitative estimate of drug-likeness (QED) is 0.313. The Morgan fingerprint density at radius 3 is 1.47 bits per heavy atom. The number of benzene rings is 1. The Labute approximate surface area is 215 Å². The van der Waals surface area contributed by atoms with E-state index in [9.17, 15) is 0 Å². The zero-order valence-electron chi connectivity index (χ0n) is 24.7. The Kier molecular flexibility index (Phi) is 30.7. The van der Waals surface area contributed by atoms with Crippen LogP contribution in [0.3, 0.4) is 0 Å². The van der Waals surface area contributed by atoms with E-state index in [0.717, 1.165) is 36.0 Å². The van der Waals surface area contributed by atoms with Gasteiger partial charge in [0.25, 0.3) is 0 Å². The molecule has 0 aliphatic heterocycles. The van der Waals surface area contributed by atoms with Crippen molar-refractivity contribution in [1.82, 2.24) is 0 Å². The van der Waals surface area contributed by atoms with Crippen molar-refractivity contribution in [2.75, 3.05) is 6.54 Å². The van der Waals surface area contributed by atoms with Crippen LogP contribution in [0.5, 0.6) is 0 Å². The highest BCUT2D eigenvalue weighted by Crippen LogP contribution is 2.14. The second kappa shape index (κ2) is 26.9. The molecular weight excluding hydrogens is 410 g/mol. The Morgan fingerprint density at radius 1 is 0.794 bits per heavy atom. The molecule has 0 spiro atoms. The molecule has 1 rings (SSSR count). The van der Waals surface area contributed by atoms with E-state index in [4.69, 9.17) is 5.73 Å². The van der Waals surface area contributed by atoms with E-state index in [-0.39, 0.29) is 0 Å². The predicted molar refractivity (Wildman–Crippen MR) is 163 cm³/mol. The maximum Gasteiger partial charge on any atom is 0.0172 e. The molecular formula is C33H57N. The van der Waals surface area contributed by atoms with Gasteiger partial charge < -0.3 is 5.73 Å². The lowest BCUT2D eigenvalue weighted by Gasteiger charge is -2.04. The summed E-state index contributed by atoms with van der Waals surface area (Å²) in [4.78, 5) is 0. The molecule has 0 unspecified atom stereocenters. The van der Waals surface area contributed by atoms with E-state index in [1.54, 1.807) is 0 Å². The van der Waals surface area contributed by atoms with Crippen molar-refractivity contribution in [1.29, 1.82) is 0 Å². The fourth-order valence-electron chi connectivity index (χ4n) is 1.76. The van der Waals surface area contributed by atoms with Gasteiger partial charge >= 0.3 is 0 Å². The molecule has 1 heteroatoms. The van der Waals surface area contributed by atoms with Gasteiger partial charge in [-0.1, -0.05) is 112 Å². The van der Waals surface area contributed by atoms with Crippen molar-refractivity contribution < 1.29 is 0 Å². The van der Waals surface area contributed by atoms with Gasteiger partial charge in [-0.2, -0.15) is 0 Å². The topological polar surface area (TPSA) is 26.0 Å². The first-order chi connectivity index (χ1) is 15.8. The predicted octanol–water partition coefficient (Wildman–Crippen LogP) is 10.5. The van der Waals surface area contributed by atoms with Gasteiger partial charge in [0.15, 0.2) is 0 Å². The minimum absolute atomic E-state index is 0.496. The first-order valence-corrected chi connectivity index (χ1v) is 12.6. The van der Waals surface area contributed by atoms with Crippen molar-refractivity contribution in [2.45, 2.75) is 95.4 Å². The second-order valence-electron chi connectivity index (χ2n) is 8.44. The molecule has 0 amide bonds. The molecule has 1 nitrogen and oxygen atoms in total. The summed E-state index contributed by atoms with van der Waals surface area (Å²) in [6, 6.07) is 8.66. The number of allylic oxidation sites excluding steroid dienone is 6. The Balaban J connectivity index is -0.000000192. The molecule has 0 aromatic heterocycles. The highest BCUT2D eigenvalue weighted by Gasteiger charge is 1.96. The van der Waals surface area contributed by atoms with Crippen molar-refractivity contribution in [3.05, 3.63) is 107 Å². The SMILES string of the molecule is C=C(/C=C(\C=C(/C)CC)C(=C)C)CN.C=C(C)C.C=C(C)CC.CC.CCc1ccc(C)cc1. The van der Waals surface area contributed by atoms with E-state index >= 15 is 0 Å². The molecule has 0 heterocycles. The summed E-state index contributed by atoms with van der Waals surface area (Å²) in [6.45, 7) is 38.1. The zero-order chi connectivity index (χ0) is 27.7. The molecule has 0 aliphatic rings. The minimum Gasteiger partial charge on any atom is -0.327 e. The van der Waals surface area contributed by atoms with Gasteiger partial charge in [0.05, 0.1) is 0 Å². The third kappa shape index (κ3) is 31.8. The van der Waals surface area contributed by atoms with E-state index in [0.29, 0.717) is 6.54 Å². The van der Waals surface area contributed by atoms with Crippen molar-refractivity contribution >= 4 is 0 Å². The fraction of sp³-hybridized carbons (Fsp3) is 0.455. The lowest BCUT2D eigenvalue weighted by molar-refractivity contribution is 1.09. The third-order valence-corrected chi connectivity index (χ3v) is 4.21. The number of rotatable bonds is 7. The summed E-state index contributed by atoms with van der Waals surface area (Å²) < 4.78 is 0. The van der Waals surface area contributed by atoms with Gasteiger partial charge in [0.2, 0.25) is 0 Å². The molecule has 1 aromatic rings. The summed E-state index contributed by atoms with van der Waals surface area (Å²) in [6.07, 6.45) is 7.45. The molecule has 1 aromatic carbocycles. The molecule has 2 N–H and O–H groups in total. The first kappa shape index (κ1) is 38.9. The monoisotopic (exact) mass is 467 g/mol. The van der Waals surface area contributed by atoms with Crippen LogP contribution >= 0.6 is 0 Å². The summed E-state index contributed by atoms with van der Waals surface area (Å²) >= 11 is 0. The van der Waals surface area contributed by atoms with Gasteiger partial charge in [-0.25, -0.2) is 0 Å². The Hall–Kier alpha value is -2.38. The van der Waals surface area contributed by atoms with Crippen LogP contribution in [0.1, 0.15) is 93.2 Å². The van der Waals surface area contributed by atoms with Crippen LogP contribution in [-0.4, -0.2) is 6.54 Å². The molecule has 34 heavy (non-hydrogen) atoms. The van der Waals surface area contributed by atoms with E-state index in [2.05, 4.69) is 91.3 Å². The summed E-state index contributed by atoms with van der Waals surface area (Å²) in [5.74, 6) is 0. The number of nitrogens with two attached hydrogens (primary N) is 1. The number of hydrogen-bond acceptors (Lipinski definition) is 1. The Morgan fingerprint density at radius 2 is 1.21 bits per heavy atom. The smallest absolute Gasteiger partial charge is 0.0172 e. The molecule has 0 saturated carbocycles. The van der Waals surface area contributed by atoms with Crippen LogP contribution < -0.4 is 5.73 Å². The highest BCUT2D eigenvalue weighted by atomic mass is 14.5. The van der Waals surface area contributed by atoms with Gasteiger partial charge in [0, 0.05) is 6.54 Å². The van der Waals surface area contributed by atoms with Crippen molar-refractivity contribution in [3.63, 3.8) is 0 Å². The number of aryl methyl sites for hydroxylation is 2. The molecule has 0 saturated heterocycles. The third-order valence-electron chi connectivity index (χ3n) is 4.21. The maximum absolute atomic E-state index is 5.49. The lowest BCUT2D eigenvalue weighted by atomic mass is 10.0. The molecule has 0 bridgehead atoms. The van der Waals surface area contributed by atoms with E-state index in [1.807, 2.05) is 47.6 Å². The van der Waals surface area contributed by atoms with E-state index in [1.165, 1.54) is 27.8 Å². The number of hydrogen-bond donors (Lipinski definition) is 1. The largest absolute Gasteiger partial charge is 0.327 e. The highest BCUT2D eigenvalue weighted by molar-refractivity contribution is 5.43.